The summed E-state index contributed by atoms with van der Waals surface area (Å²) in [6.45, 7) is 0. The van der Waals surface area contributed by atoms with Gasteiger partial charge in [-0.2, -0.15) is 0 Å². The Balaban J connectivity index is 2.74. The molecule has 0 radical (unpaired) electrons. The molecule has 0 spiro atoms. The number of hydrogen-bond donors (Lipinski definition) is 2. The van der Waals surface area contributed by atoms with Gasteiger partial charge in [0, 0.05) is 5.56 Å². The smallest absolute Gasteiger partial charge is 0.406 e. The van der Waals surface area contributed by atoms with Gasteiger partial charge in [0.2, 0.25) is 0 Å². The third kappa shape index (κ3) is 4.41. The summed E-state index contributed by atoms with van der Waals surface area (Å²) in [5, 5.41) is 1.76. The van der Waals surface area contributed by atoms with Crippen LogP contribution in [0.5, 0.6) is 5.75 Å². The largest absolute Gasteiger partial charge is 0.573 e. The highest BCUT2D eigenvalue weighted by atomic mass is 19.4. The van der Waals surface area contributed by atoms with Crippen molar-refractivity contribution >= 4 is 11.9 Å². The van der Waals surface area contributed by atoms with E-state index in [0.717, 1.165) is 24.3 Å². The van der Waals surface area contributed by atoms with E-state index in [0.29, 0.717) is 0 Å². The first kappa shape index (κ1) is 12.8. The van der Waals surface area contributed by atoms with Gasteiger partial charge in [0.05, 0.1) is 0 Å². The van der Waals surface area contributed by atoms with Crippen LogP contribution in [-0.2, 0) is 0 Å². The molecule has 0 saturated carbocycles. The van der Waals surface area contributed by atoms with Crippen LogP contribution in [0.3, 0.4) is 0 Å². The highest BCUT2D eigenvalue weighted by molar-refractivity contribution is 6.03. The third-order valence-electron chi connectivity index (χ3n) is 1.59. The summed E-state index contributed by atoms with van der Waals surface area (Å²) in [4.78, 5) is 21.5. The molecule has 0 aliphatic heterocycles. The molecule has 0 atom stereocenters. The van der Waals surface area contributed by atoms with Crippen LogP contribution in [0.1, 0.15) is 10.4 Å². The van der Waals surface area contributed by atoms with Crippen LogP contribution in [0.2, 0.25) is 0 Å². The monoisotopic (exact) mass is 248 g/mol. The minimum atomic E-state index is -4.79. The minimum Gasteiger partial charge on any atom is -0.406 e. The molecule has 0 aromatic heterocycles. The average molecular weight is 248 g/mol. The van der Waals surface area contributed by atoms with E-state index in [2.05, 4.69) is 4.74 Å². The van der Waals surface area contributed by atoms with E-state index in [1.807, 2.05) is 0 Å². The van der Waals surface area contributed by atoms with Crippen molar-refractivity contribution < 1.29 is 27.5 Å². The molecule has 1 rings (SSSR count). The van der Waals surface area contributed by atoms with Gasteiger partial charge in [-0.25, -0.2) is 4.79 Å². The molecule has 3 amide bonds. The number of alkyl halides is 3. The van der Waals surface area contributed by atoms with E-state index < -0.39 is 24.1 Å². The van der Waals surface area contributed by atoms with E-state index >= 15 is 0 Å². The SMILES string of the molecule is NC(=O)NC(=O)c1ccc(OC(F)(F)F)cc1. The second-order valence-corrected chi connectivity index (χ2v) is 2.89. The van der Waals surface area contributed by atoms with Gasteiger partial charge in [0.15, 0.2) is 0 Å². The van der Waals surface area contributed by atoms with Gasteiger partial charge in [-0.1, -0.05) is 0 Å². The van der Waals surface area contributed by atoms with Crippen molar-refractivity contribution in [2.24, 2.45) is 5.73 Å². The minimum absolute atomic E-state index is 0.0154. The highest BCUT2D eigenvalue weighted by Gasteiger charge is 2.31. The number of ether oxygens (including phenoxy) is 1. The number of primary amides is 1. The van der Waals surface area contributed by atoms with Gasteiger partial charge in [-0.05, 0) is 24.3 Å². The number of amides is 3. The van der Waals surface area contributed by atoms with Gasteiger partial charge < -0.3 is 10.5 Å². The number of urea groups is 1. The molecular formula is C9H7F3N2O3. The summed E-state index contributed by atoms with van der Waals surface area (Å²) in [5.41, 5.74) is 4.68. The fraction of sp³-hybridized carbons (Fsp3) is 0.111. The molecule has 0 heterocycles. The zero-order valence-electron chi connectivity index (χ0n) is 8.25. The number of carbonyl (C=O) groups excluding carboxylic acids is 2. The standard InChI is InChI=1S/C9H7F3N2O3/c10-9(11,12)17-6-3-1-5(2-4-6)7(15)14-8(13)16/h1-4H,(H3,13,14,15,16). The number of nitrogens with one attached hydrogen (secondary N) is 1. The van der Waals surface area contributed by atoms with E-state index in [9.17, 15) is 22.8 Å². The summed E-state index contributed by atoms with van der Waals surface area (Å²) >= 11 is 0. The predicted molar refractivity (Wildman–Crippen MR) is 50.2 cm³/mol. The Labute approximate surface area is 93.3 Å². The first-order valence-corrected chi connectivity index (χ1v) is 4.24. The molecule has 1 aromatic carbocycles. The van der Waals surface area contributed by atoms with Crippen molar-refractivity contribution in [1.82, 2.24) is 5.32 Å². The van der Waals surface area contributed by atoms with Gasteiger partial charge >= 0.3 is 12.4 Å². The topological polar surface area (TPSA) is 81.4 Å². The lowest BCUT2D eigenvalue weighted by Gasteiger charge is -2.08. The third-order valence-corrected chi connectivity index (χ3v) is 1.59. The first-order valence-electron chi connectivity index (χ1n) is 4.24. The average Bonchev–Trinajstić information content (AvgIpc) is 2.15. The van der Waals surface area contributed by atoms with E-state index in [4.69, 9.17) is 5.73 Å². The Morgan fingerprint density at radius 1 is 1.18 bits per heavy atom. The van der Waals surface area contributed by atoms with Crippen molar-refractivity contribution in [2.75, 3.05) is 0 Å². The van der Waals surface area contributed by atoms with E-state index in [1.54, 1.807) is 5.32 Å². The Hall–Kier alpha value is -2.25. The number of imide groups is 1. The zero-order valence-corrected chi connectivity index (χ0v) is 8.25. The Bertz CT molecular complexity index is 428. The van der Waals surface area contributed by atoms with Crippen molar-refractivity contribution in [2.45, 2.75) is 6.36 Å². The Kier molecular flexibility index (Phi) is 3.56. The van der Waals surface area contributed by atoms with Crippen molar-refractivity contribution in [3.8, 4) is 5.75 Å². The number of hydrogen-bond acceptors (Lipinski definition) is 3. The Morgan fingerprint density at radius 3 is 2.12 bits per heavy atom. The lowest BCUT2D eigenvalue weighted by Crippen LogP contribution is -2.34. The molecule has 5 nitrogen and oxygen atoms in total. The van der Waals surface area contributed by atoms with Gasteiger partial charge in [0.1, 0.15) is 5.75 Å². The summed E-state index contributed by atoms with van der Waals surface area (Å²) in [7, 11) is 0. The number of halogens is 3. The zero-order chi connectivity index (χ0) is 13.1. The Morgan fingerprint density at radius 2 is 1.71 bits per heavy atom. The molecule has 8 heteroatoms. The maximum Gasteiger partial charge on any atom is 0.573 e. The van der Waals surface area contributed by atoms with Crippen molar-refractivity contribution in [3.05, 3.63) is 29.8 Å². The van der Waals surface area contributed by atoms with Gasteiger partial charge in [-0.3, -0.25) is 10.1 Å². The molecule has 3 N–H and O–H groups in total. The summed E-state index contributed by atoms with van der Waals surface area (Å²) in [5.74, 6) is -1.27. The molecule has 0 aliphatic carbocycles. The molecule has 1 aromatic rings. The summed E-state index contributed by atoms with van der Waals surface area (Å²) in [6.07, 6.45) is -4.79. The van der Waals surface area contributed by atoms with E-state index in [1.165, 1.54) is 0 Å². The van der Waals surface area contributed by atoms with Crippen LogP contribution in [0.15, 0.2) is 24.3 Å². The maximum atomic E-state index is 11.8. The van der Waals surface area contributed by atoms with E-state index in [-0.39, 0.29) is 5.56 Å². The van der Waals surface area contributed by atoms with Crippen LogP contribution in [-0.4, -0.2) is 18.3 Å². The summed E-state index contributed by atoms with van der Waals surface area (Å²) < 4.78 is 39.0. The van der Waals surface area contributed by atoms with Gasteiger partial charge in [-0.15, -0.1) is 13.2 Å². The van der Waals surface area contributed by atoms with Crippen LogP contribution >= 0.6 is 0 Å². The lowest BCUT2D eigenvalue weighted by molar-refractivity contribution is -0.274. The molecular weight excluding hydrogens is 241 g/mol. The second kappa shape index (κ2) is 4.73. The molecule has 0 fully saturated rings. The first-order chi connectivity index (χ1) is 7.78. The van der Waals surface area contributed by atoms with Gasteiger partial charge in [0.25, 0.3) is 5.91 Å². The molecule has 17 heavy (non-hydrogen) atoms. The fourth-order valence-electron chi connectivity index (χ4n) is 0.992. The van der Waals surface area contributed by atoms with Crippen LogP contribution in [0.4, 0.5) is 18.0 Å². The highest BCUT2D eigenvalue weighted by Crippen LogP contribution is 2.22. The van der Waals surface area contributed by atoms with Crippen molar-refractivity contribution in [3.63, 3.8) is 0 Å². The van der Waals surface area contributed by atoms with Crippen LogP contribution in [0, 0.1) is 0 Å². The maximum absolute atomic E-state index is 11.8. The molecule has 0 saturated heterocycles. The van der Waals surface area contributed by atoms with Crippen LogP contribution < -0.4 is 15.8 Å². The number of carbonyl (C=O) groups is 2. The lowest BCUT2D eigenvalue weighted by atomic mass is 10.2. The number of nitrogens with two attached hydrogens (primary N) is 1. The fourth-order valence-corrected chi connectivity index (χ4v) is 0.992. The summed E-state index contributed by atoms with van der Waals surface area (Å²) in [6, 6.07) is 2.98. The second-order valence-electron chi connectivity index (χ2n) is 2.89. The van der Waals surface area contributed by atoms with Crippen molar-refractivity contribution in [1.29, 1.82) is 0 Å². The quantitative estimate of drug-likeness (QED) is 0.829. The molecule has 0 unspecified atom stereocenters. The number of rotatable bonds is 2. The molecule has 92 valence electrons. The predicted octanol–water partition coefficient (Wildman–Crippen LogP) is 1.39. The molecule has 0 bridgehead atoms. The molecule has 0 aliphatic rings. The normalized spacial score (nSPS) is 10.8. The number of benzene rings is 1. The van der Waals surface area contributed by atoms with Crippen LogP contribution in [0.25, 0.3) is 0 Å².